The van der Waals surface area contributed by atoms with Crippen LogP contribution >= 0.6 is 11.3 Å². The number of nitrogens with zero attached hydrogens (tertiary/aromatic N) is 1. The van der Waals surface area contributed by atoms with Gasteiger partial charge in [-0.05, 0) is 31.4 Å². The van der Waals surface area contributed by atoms with Gasteiger partial charge in [0.25, 0.3) is 0 Å². The summed E-state index contributed by atoms with van der Waals surface area (Å²) in [5.41, 5.74) is 2.99. The summed E-state index contributed by atoms with van der Waals surface area (Å²) in [6.45, 7) is 2.39. The fraction of sp³-hybridized carbons (Fsp3) is 0.353. The Kier molecular flexibility index (Phi) is 4.71. The van der Waals surface area contributed by atoms with Crippen LogP contribution in [0.1, 0.15) is 29.1 Å². The topological polar surface area (TPSA) is 71.1 Å². The summed E-state index contributed by atoms with van der Waals surface area (Å²) in [5.74, 6) is -0.172. The maximum atomic E-state index is 12.1. The Morgan fingerprint density at radius 1 is 1.43 bits per heavy atom. The number of benzene rings is 1. The second-order valence-corrected chi connectivity index (χ2v) is 6.69. The number of carbonyl (C=O) groups is 2. The van der Waals surface area contributed by atoms with Crippen molar-refractivity contribution in [3.8, 4) is 0 Å². The van der Waals surface area contributed by atoms with Crippen LogP contribution in [0.15, 0.2) is 29.6 Å². The zero-order valence-corrected chi connectivity index (χ0v) is 13.8. The van der Waals surface area contributed by atoms with Gasteiger partial charge in [-0.25, -0.2) is 4.98 Å². The lowest BCUT2D eigenvalue weighted by Gasteiger charge is -2.24. The smallest absolute Gasteiger partial charge is 0.227 e. The molecule has 2 amide bonds. The molecule has 120 valence electrons. The van der Waals surface area contributed by atoms with Crippen molar-refractivity contribution in [1.82, 2.24) is 10.3 Å². The molecule has 1 aromatic heterocycles. The van der Waals surface area contributed by atoms with E-state index in [0.717, 1.165) is 22.0 Å². The van der Waals surface area contributed by atoms with E-state index in [1.807, 2.05) is 36.6 Å². The maximum absolute atomic E-state index is 12.1. The monoisotopic (exact) mass is 329 g/mol. The number of fused-ring (bicyclic) bond motifs is 1. The van der Waals surface area contributed by atoms with E-state index < -0.39 is 0 Å². The minimum Gasteiger partial charge on any atom is -0.350 e. The molecule has 23 heavy (non-hydrogen) atoms. The summed E-state index contributed by atoms with van der Waals surface area (Å²) in [6.07, 6.45) is 1.61. The van der Waals surface area contributed by atoms with Gasteiger partial charge in [-0.2, -0.15) is 0 Å². The standard InChI is InChI=1S/C17H19N3O2S/c1-11-10-23-16(19-11)9-18-15(21)7-6-13-8-12-4-2-3-5-14(12)20-17(13)22/h2-5,10,13H,6-9H2,1H3,(H,18,21)(H,20,22)/t13-/m0/s1. The van der Waals surface area contributed by atoms with E-state index in [2.05, 4.69) is 15.6 Å². The number of carbonyl (C=O) groups excluding carboxylic acids is 2. The average molecular weight is 329 g/mol. The van der Waals surface area contributed by atoms with E-state index in [0.29, 0.717) is 25.8 Å². The third-order valence-corrected chi connectivity index (χ3v) is 4.90. The second kappa shape index (κ2) is 6.91. The van der Waals surface area contributed by atoms with Gasteiger partial charge >= 0.3 is 0 Å². The summed E-state index contributed by atoms with van der Waals surface area (Å²) in [6, 6.07) is 7.81. The van der Waals surface area contributed by atoms with Crippen molar-refractivity contribution in [1.29, 1.82) is 0 Å². The van der Waals surface area contributed by atoms with Crippen LogP contribution in [0.5, 0.6) is 0 Å². The number of hydrogen-bond donors (Lipinski definition) is 2. The van der Waals surface area contributed by atoms with Crippen LogP contribution in [0.25, 0.3) is 0 Å². The number of amides is 2. The number of aromatic nitrogens is 1. The lowest BCUT2D eigenvalue weighted by Crippen LogP contribution is -2.31. The number of rotatable bonds is 5. The van der Waals surface area contributed by atoms with Crippen molar-refractivity contribution in [3.05, 3.63) is 45.9 Å². The molecule has 0 unspecified atom stereocenters. The second-order valence-electron chi connectivity index (χ2n) is 5.75. The van der Waals surface area contributed by atoms with Gasteiger partial charge in [0.2, 0.25) is 11.8 Å². The minimum atomic E-state index is -0.141. The summed E-state index contributed by atoms with van der Waals surface area (Å²) in [4.78, 5) is 28.4. The van der Waals surface area contributed by atoms with Crippen LogP contribution in [-0.4, -0.2) is 16.8 Å². The van der Waals surface area contributed by atoms with E-state index in [4.69, 9.17) is 0 Å². The number of aryl methyl sites for hydroxylation is 1. The van der Waals surface area contributed by atoms with Gasteiger partial charge in [0.15, 0.2) is 0 Å². The molecule has 0 aliphatic carbocycles. The molecule has 1 atom stereocenters. The molecular formula is C17H19N3O2S. The van der Waals surface area contributed by atoms with Crippen LogP contribution < -0.4 is 10.6 Å². The van der Waals surface area contributed by atoms with Gasteiger partial charge in [-0.1, -0.05) is 18.2 Å². The summed E-state index contributed by atoms with van der Waals surface area (Å²) >= 11 is 1.54. The third kappa shape index (κ3) is 3.96. The van der Waals surface area contributed by atoms with E-state index in [-0.39, 0.29) is 17.7 Å². The van der Waals surface area contributed by atoms with Gasteiger partial charge in [-0.15, -0.1) is 11.3 Å². The van der Waals surface area contributed by atoms with E-state index in [1.54, 1.807) is 11.3 Å². The molecule has 0 saturated carbocycles. The molecule has 0 radical (unpaired) electrons. The highest BCUT2D eigenvalue weighted by Crippen LogP contribution is 2.27. The average Bonchev–Trinajstić information content (AvgIpc) is 2.96. The van der Waals surface area contributed by atoms with Crippen LogP contribution in [-0.2, 0) is 22.6 Å². The lowest BCUT2D eigenvalue weighted by molar-refractivity contribution is -0.122. The Bertz CT molecular complexity index is 726. The zero-order chi connectivity index (χ0) is 16.2. The Hall–Kier alpha value is -2.21. The first-order valence-electron chi connectivity index (χ1n) is 7.68. The molecule has 1 aromatic carbocycles. The van der Waals surface area contributed by atoms with Gasteiger partial charge in [-0.3, -0.25) is 9.59 Å². The first kappa shape index (κ1) is 15.7. The zero-order valence-electron chi connectivity index (χ0n) is 13.0. The van der Waals surface area contributed by atoms with Gasteiger partial charge in [0, 0.05) is 29.1 Å². The molecule has 0 saturated heterocycles. The molecule has 5 nitrogen and oxygen atoms in total. The minimum absolute atomic E-state index is 0.00653. The quantitative estimate of drug-likeness (QED) is 0.886. The SMILES string of the molecule is Cc1csc(CNC(=O)CC[C@H]2Cc3ccccc3NC2=O)n1. The number of para-hydroxylation sites is 1. The van der Waals surface area contributed by atoms with Crippen LogP contribution in [0.4, 0.5) is 5.69 Å². The molecule has 0 spiro atoms. The highest BCUT2D eigenvalue weighted by molar-refractivity contribution is 7.09. The highest BCUT2D eigenvalue weighted by Gasteiger charge is 2.26. The van der Waals surface area contributed by atoms with Crippen LogP contribution in [0.2, 0.25) is 0 Å². The molecule has 1 aliphatic heterocycles. The Balaban J connectivity index is 1.48. The van der Waals surface area contributed by atoms with Crippen molar-refractivity contribution in [3.63, 3.8) is 0 Å². The van der Waals surface area contributed by atoms with Crippen LogP contribution in [0, 0.1) is 12.8 Å². The van der Waals surface area contributed by atoms with Crippen LogP contribution in [0.3, 0.4) is 0 Å². The Morgan fingerprint density at radius 2 is 2.26 bits per heavy atom. The predicted molar refractivity (Wildman–Crippen MR) is 90.2 cm³/mol. The summed E-state index contributed by atoms with van der Waals surface area (Å²) in [7, 11) is 0. The van der Waals surface area contributed by atoms with Crippen molar-refractivity contribution >= 4 is 28.8 Å². The molecule has 2 N–H and O–H groups in total. The Morgan fingerprint density at radius 3 is 3.04 bits per heavy atom. The molecule has 6 heteroatoms. The molecular weight excluding hydrogens is 310 g/mol. The maximum Gasteiger partial charge on any atom is 0.227 e. The van der Waals surface area contributed by atoms with E-state index in [9.17, 15) is 9.59 Å². The Labute approximate surface area is 139 Å². The summed E-state index contributed by atoms with van der Waals surface area (Å²) in [5, 5.41) is 8.64. The molecule has 0 fully saturated rings. The van der Waals surface area contributed by atoms with Crippen molar-refractivity contribution in [2.45, 2.75) is 32.7 Å². The van der Waals surface area contributed by atoms with E-state index in [1.165, 1.54) is 0 Å². The highest BCUT2D eigenvalue weighted by atomic mass is 32.1. The van der Waals surface area contributed by atoms with E-state index >= 15 is 0 Å². The number of hydrogen-bond acceptors (Lipinski definition) is 4. The fourth-order valence-corrected chi connectivity index (χ4v) is 3.41. The summed E-state index contributed by atoms with van der Waals surface area (Å²) < 4.78 is 0. The normalized spacial score (nSPS) is 16.6. The molecule has 2 aromatic rings. The molecule has 1 aliphatic rings. The first-order valence-corrected chi connectivity index (χ1v) is 8.56. The molecule has 2 heterocycles. The number of nitrogens with one attached hydrogen (secondary N) is 2. The van der Waals surface area contributed by atoms with Gasteiger partial charge in [0.1, 0.15) is 5.01 Å². The predicted octanol–water partition coefficient (Wildman–Crippen LogP) is 2.66. The van der Waals surface area contributed by atoms with Gasteiger partial charge in [0.05, 0.1) is 6.54 Å². The molecule has 3 rings (SSSR count). The first-order chi connectivity index (χ1) is 11.1. The van der Waals surface area contributed by atoms with Crippen molar-refractivity contribution < 1.29 is 9.59 Å². The third-order valence-electron chi connectivity index (χ3n) is 3.94. The van der Waals surface area contributed by atoms with Crippen molar-refractivity contribution in [2.24, 2.45) is 5.92 Å². The number of thiazole rings is 1. The molecule has 0 bridgehead atoms. The van der Waals surface area contributed by atoms with Gasteiger partial charge < -0.3 is 10.6 Å². The fourth-order valence-electron chi connectivity index (χ4n) is 2.70. The number of anilines is 1. The lowest BCUT2D eigenvalue weighted by atomic mass is 9.89. The largest absolute Gasteiger partial charge is 0.350 e. The van der Waals surface area contributed by atoms with Crippen molar-refractivity contribution in [2.75, 3.05) is 5.32 Å².